The number of carbonyl (C=O) groups is 1. The van der Waals surface area contributed by atoms with Crippen LogP contribution in [0.4, 0.5) is 37.7 Å². The van der Waals surface area contributed by atoms with Crippen molar-refractivity contribution in [2.75, 3.05) is 37.7 Å². The number of halogens is 6. The summed E-state index contributed by atoms with van der Waals surface area (Å²) in [5, 5.41) is 11.3. The van der Waals surface area contributed by atoms with Crippen molar-refractivity contribution in [2.24, 2.45) is 0 Å². The van der Waals surface area contributed by atoms with Gasteiger partial charge in [-0.1, -0.05) is 0 Å². The van der Waals surface area contributed by atoms with Crippen LogP contribution in [0, 0.1) is 10.1 Å². The van der Waals surface area contributed by atoms with Crippen LogP contribution in [-0.2, 0) is 6.18 Å². The molecule has 1 amide bonds. The van der Waals surface area contributed by atoms with E-state index in [1.807, 2.05) is 0 Å². The molecule has 0 radical (unpaired) electrons. The number of benzene rings is 2. The second kappa shape index (κ2) is 9.16. The molecular formula is C20H17F6N3O4. The van der Waals surface area contributed by atoms with Crippen LogP contribution in [0.15, 0.2) is 42.5 Å². The number of nitrogens with zero attached hydrogens (tertiary/aromatic N) is 3. The van der Waals surface area contributed by atoms with Crippen molar-refractivity contribution in [2.45, 2.75) is 12.4 Å². The van der Waals surface area contributed by atoms with Crippen LogP contribution in [0.5, 0.6) is 5.75 Å². The lowest BCUT2D eigenvalue weighted by Gasteiger charge is -2.36. The van der Waals surface area contributed by atoms with E-state index in [1.54, 1.807) is 0 Å². The summed E-state index contributed by atoms with van der Waals surface area (Å²) in [5.41, 5.74) is -1.58. The number of rotatable bonds is 5. The molecule has 0 N–H and O–H groups in total. The Morgan fingerprint density at radius 2 is 1.58 bits per heavy atom. The maximum absolute atomic E-state index is 12.9. The highest BCUT2D eigenvalue weighted by Gasteiger charge is 2.34. The summed E-state index contributed by atoms with van der Waals surface area (Å²) in [5.74, 6) is -0.456. The zero-order chi connectivity index (χ0) is 24.4. The fourth-order valence-corrected chi connectivity index (χ4v) is 3.31. The minimum Gasteiger partial charge on any atom is -0.484 e. The summed E-state index contributed by atoms with van der Waals surface area (Å²) in [6.07, 6.45) is -9.21. The van der Waals surface area contributed by atoms with Gasteiger partial charge >= 0.3 is 12.4 Å². The minimum absolute atomic E-state index is 0.0197. The van der Waals surface area contributed by atoms with E-state index in [4.69, 9.17) is 0 Å². The van der Waals surface area contributed by atoms with Crippen molar-refractivity contribution in [1.29, 1.82) is 0 Å². The van der Waals surface area contributed by atoms with Gasteiger partial charge in [-0.3, -0.25) is 14.9 Å². The number of anilines is 1. The summed E-state index contributed by atoms with van der Waals surface area (Å²) >= 11 is 0. The molecule has 178 valence electrons. The molecule has 7 nitrogen and oxygen atoms in total. The smallest absolute Gasteiger partial charge is 0.422 e. The van der Waals surface area contributed by atoms with Crippen molar-refractivity contribution in [1.82, 2.24) is 4.90 Å². The number of hydrogen-bond donors (Lipinski definition) is 0. The van der Waals surface area contributed by atoms with Crippen LogP contribution in [0.1, 0.15) is 15.9 Å². The lowest BCUT2D eigenvalue weighted by Crippen LogP contribution is -2.49. The Morgan fingerprint density at radius 1 is 0.970 bits per heavy atom. The van der Waals surface area contributed by atoms with Crippen LogP contribution >= 0.6 is 0 Å². The van der Waals surface area contributed by atoms with E-state index in [0.717, 1.165) is 12.1 Å². The van der Waals surface area contributed by atoms with Crippen molar-refractivity contribution < 1.29 is 40.8 Å². The van der Waals surface area contributed by atoms with Crippen LogP contribution in [0.3, 0.4) is 0 Å². The molecule has 0 aromatic heterocycles. The molecule has 0 unspecified atom stereocenters. The third-order valence-electron chi connectivity index (χ3n) is 4.91. The predicted octanol–water partition coefficient (Wildman–Crippen LogP) is 4.52. The van der Waals surface area contributed by atoms with Gasteiger partial charge in [0.05, 0.1) is 10.5 Å². The fraction of sp³-hybridized carbons (Fsp3) is 0.350. The summed E-state index contributed by atoms with van der Waals surface area (Å²) in [7, 11) is 0. The zero-order valence-corrected chi connectivity index (χ0v) is 16.8. The van der Waals surface area contributed by atoms with Crippen LogP contribution in [0.2, 0.25) is 0 Å². The van der Waals surface area contributed by atoms with E-state index in [0.29, 0.717) is 6.07 Å². The molecule has 0 aliphatic carbocycles. The number of hydrogen-bond acceptors (Lipinski definition) is 5. The van der Waals surface area contributed by atoms with Gasteiger partial charge in [0.1, 0.15) is 11.4 Å². The van der Waals surface area contributed by atoms with Gasteiger partial charge < -0.3 is 14.5 Å². The van der Waals surface area contributed by atoms with Gasteiger partial charge in [-0.25, -0.2) is 0 Å². The van der Waals surface area contributed by atoms with Crippen molar-refractivity contribution in [3.8, 4) is 5.75 Å². The first kappa shape index (κ1) is 24.1. The number of ether oxygens (including phenoxy) is 1. The molecule has 1 aliphatic heterocycles. The van der Waals surface area contributed by atoms with Gasteiger partial charge in [0.15, 0.2) is 6.61 Å². The first-order valence-corrected chi connectivity index (χ1v) is 9.54. The third-order valence-corrected chi connectivity index (χ3v) is 4.91. The predicted molar refractivity (Wildman–Crippen MR) is 104 cm³/mol. The Morgan fingerprint density at radius 3 is 2.09 bits per heavy atom. The number of alkyl halides is 6. The molecule has 3 rings (SSSR count). The van der Waals surface area contributed by atoms with Gasteiger partial charge in [0, 0.05) is 37.8 Å². The molecule has 33 heavy (non-hydrogen) atoms. The Balaban J connectivity index is 1.65. The molecule has 1 aliphatic rings. The fourth-order valence-electron chi connectivity index (χ4n) is 3.31. The van der Waals surface area contributed by atoms with Crippen molar-refractivity contribution >= 4 is 17.3 Å². The first-order valence-electron chi connectivity index (χ1n) is 9.54. The van der Waals surface area contributed by atoms with E-state index in [2.05, 4.69) is 4.74 Å². The molecule has 1 heterocycles. The van der Waals surface area contributed by atoms with Crippen LogP contribution < -0.4 is 9.64 Å². The highest BCUT2D eigenvalue weighted by atomic mass is 19.4. The quantitative estimate of drug-likeness (QED) is 0.360. The molecule has 2 aromatic carbocycles. The Hall–Kier alpha value is -3.51. The average molecular weight is 477 g/mol. The van der Waals surface area contributed by atoms with Crippen molar-refractivity contribution in [3.05, 3.63) is 63.7 Å². The molecule has 1 fully saturated rings. The molecular weight excluding hydrogens is 460 g/mol. The molecule has 2 aromatic rings. The monoisotopic (exact) mass is 477 g/mol. The summed E-state index contributed by atoms with van der Waals surface area (Å²) in [6, 6.07) is 7.40. The second-order valence-electron chi connectivity index (χ2n) is 7.17. The van der Waals surface area contributed by atoms with E-state index in [-0.39, 0.29) is 43.2 Å². The average Bonchev–Trinajstić information content (AvgIpc) is 2.76. The first-order chi connectivity index (χ1) is 15.3. The summed E-state index contributed by atoms with van der Waals surface area (Å²) in [6.45, 7) is -0.888. The van der Waals surface area contributed by atoms with E-state index >= 15 is 0 Å². The third kappa shape index (κ3) is 6.05. The zero-order valence-electron chi connectivity index (χ0n) is 16.8. The topological polar surface area (TPSA) is 75.9 Å². The van der Waals surface area contributed by atoms with Crippen LogP contribution in [0.25, 0.3) is 0 Å². The Labute approximate surface area is 183 Å². The van der Waals surface area contributed by atoms with Crippen LogP contribution in [-0.4, -0.2) is 54.7 Å². The summed E-state index contributed by atoms with van der Waals surface area (Å²) in [4.78, 5) is 26.0. The summed E-state index contributed by atoms with van der Waals surface area (Å²) < 4.78 is 79.9. The van der Waals surface area contributed by atoms with Gasteiger partial charge in [-0.05, 0) is 36.4 Å². The highest BCUT2D eigenvalue weighted by molar-refractivity contribution is 5.94. The largest absolute Gasteiger partial charge is 0.484 e. The van der Waals surface area contributed by atoms with Gasteiger partial charge in [-0.15, -0.1) is 0 Å². The Bertz CT molecular complexity index is 1020. The van der Waals surface area contributed by atoms with Gasteiger partial charge in [0.2, 0.25) is 0 Å². The number of carbonyl (C=O) groups excluding carboxylic acids is 1. The molecule has 13 heteroatoms. The minimum atomic E-state index is -4.72. The number of piperazine rings is 1. The standard InChI is InChI=1S/C20H17F6N3O4/c21-19(22,23)12-33-15-4-1-13(2-5-15)18(30)28-9-7-27(8-10-28)16-6-3-14(20(24,25)26)11-17(16)29(31)32/h1-6,11H,7-10,12H2. The van der Waals surface area contributed by atoms with E-state index in [1.165, 1.54) is 34.1 Å². The second-order valence-corrected chi connectivity index (χ2v) is 7.17. The number of nitro benzene ring substituents is 1. The lowest BCUT2D eigenvalue weighted by molar-refractivity contribution is -0.384. The van der Waals surface area contributed by atoms with Gasteiger partial charge in [-0.2, -0.15) is 26.3 Å². The molecule has 0 bridgehead atoms. The SMILES string of the molecule is O=C(c1ccc(OCC(F)(F)F)cc1)N1CCN(c2ccc(C(F)(F)F)cc2[N+](=O)[O-])CC1. The number of nitro groups is 1. The lowest BCUT2D eigenvalue weighted by atomic mass is 10.1. The number of amides is 1. The van der Waals surface area contributed by atoms with Gasteiger partial charge in [0.25, 0.3) is 11.6 Å². The van der Waals surface area contributed by atoms with Crippen molar-refractivity contribution in [3.63, 3.8) is 0 Å². The molecule has 1 saturated heterocycles. The maximum atomic E-state index is 12.9. The molecule has 0 atom stereocenters. The Kier molecular flexibility index (Phi) is 6.70. The van der Waals surface area contributed by atoms with E-state index in [9.17, 15) is 41.3 Å². The molecule has 0 saturated carbocycles. The highest BCUT2D eigenvalue weighted by Crippen LogP contribution is 2.36. The molecule has 0 spiro atoms. The maximum Gasteiger partial charge on any atom is 0.422 e. The normalized spacial score (nSPS) is 14.8. The van der Waals surface area contributed by atoms with E-state index < -0.39 is 41.0 Å².